The molecule has 0 saturated heterocycles. The molecule has 0 amide bonds. The smallest absolute Gasteiger partial charge is 0.271 e. The normalized spacial score (nSPS) is 16.4. The molecule has 1 N–H and O–H groups in total. The van der Waals surface area contributed by atoms with Gasteiger partial charge in [0.2, 0.25) is 0 Å². The van der Waals surface area contributed by atoms with Gasteiger partial charge in [-0.3, -0.25) is 9.36 Å². The van der Waals surface area contributed by atoms with Gasteiger partial charge in [0.1, 0.15) is 5.75 Å². The first-order chi connectivity index (χ1) is 18.5. The van der Waals surface area contributed by atoms with Crippen molar-refractivity contribution in [2.45, 2.75) is 25.8 Å². The average molecular weight is 590 g/mol. The van der Waals surface area contributed by atoms with Crippen LogP contribution in [0.25, 0.3) is 11.8 Å². The highest BCUT2D eigenvalue weighted by atomic mass is 79.9. The van der Waals surface area contributed by atoms with Gasteiger partial charge >= 0.3 is 0 Å². The monoisotopic (exact) mass is 588 g/mol. The second-order valence-electron chi connectivity index (χ2n) is 9.17. The Labute approximate surface area is 232 Å². The van der Waals surface area contributed by atoms with E-state index in [2.05, 4.69) is 34.1 Å². The predicted octanol–water partition coefficient (Wildman–Crippen LogP) is 5.19. The molecular weight excluding hydrogens is 564 g/mol. The van der Waals surface area contributed by atoms with E-state index >= 15 is 0 Å². The number of hydrogen-bond donors (Lipinski definition) is 1. The summed E-state index contributed by atoms with van der Waals surface area (Å²) < 4.78 is 13.9. The van der Waals surface area contributed by atoms with E-state index in [1.807, 2.05) is 47.9 Å². The molecule has 3 aromatic carbocycles. The third-order valence-electron chi connectivity index (χ3n) is 6.95. The van der Waals surface area contributed by atoms with Gasteiger partial charge in [0.15, 0.2) is 16.3 Å². The Morgan fingerprint density at radius 2 is 1.95 bits per heavy atom. The molecule has 0 spiro atoms. The van der Waals surface area contributed by atoms with Crippen LogP contribution in [0, 0.1) is 0 Å². The van der Waals surface area contributed by atoms with E-state index in [4.69, 9.17) is 14.5 Å². The number of phenols is 1. The number of nitrogens with zero attached hydrogens (tertiary/aromatic N) is 2. The number of aromatic hydroxyl groups is 1. The molecule has 6 rings (SSSR count). The number of fused-ring (bicyclic) bond motifs is 3. The van der Waals surface area contributed by atoms with Crippen LogP contribution in [0.5, 0.6) is 17.2 Å². The highest BCUT2D eigenvalue weighted by molar-refractivity contribution is 9.10. The molecule has 2 aliphatic rings. The molecular formula is C30H25BrN2O4S. The van der Waals surface area contributed by atoms with Crippen LogP contribution in [0.2, 0.25) is 0 Å². The van der Waals surface area contributed by atoms with Crippen molar-refractivity contribution in [3.63, 3.8) is 0 Å². The van der Waals surface area contributed by atoms with Crippen LogP contribution >= 0.6 is 27.3 Å². The lowest BCUT2D eigenvalue weighted by molar-refractivity contribution is 0.317. The van der Waals surface area contributed by atoms with E-state index in [1.165, 1.54) is 16.9 Å². The van der Waals surface area contributed by atoms with Crippen molar-refractivity contribution in [1.29, 1.82) is 0 Å². The fourth-order valence-corrected chi connectivity index (χ4v) is 6.66. The molecule has 8 heteroatoms. The van der Waals surface area contributed by atoms with Crippen molar-refractivity contribution in [3.8, 4) is 17.2 Å². The number of ether oxygens (including phenoxy) is 2. The molecule has 38 heavy (non-hydrogen) atoms. The number of aryl methyl sites for hydroxylation is 1. The lowest BCUT2D eigenvalue weighted by Gasteiger charge is -2.30. The molecule has 6 nitrogen and oxygen atoms in total. The quantitative estimate of drug-likeness (QED) is 0.348. The summed E-state index contributed by atoms with van der Waals surface area (Å²) in [6, 6.07) is 19.6. The van der Waals surface area contributed by atoms with Crippen LogP contribution < -0.4 is 24.4 Å². The summed E-state index contributed by atoms with van der Waals surface area (Å²) in [5, 5.41) is 10.3. The topological polar surface area (TPSA) is 73.0 Å². The van der Waals surface area contributed by atoms with E-state index in [1.54, 1.807) is 19.2 Å². The van der Waals surface area contributed by atoms with Gasteiger partial charge in [0.25, 0.3) is 5.56 Å². The number of thiazole rings is 1. The Kier molecular flexibility index (Phi) is 6.45. The van der Waals surface area contributed by atoms with E-state index in [9.17, 15) is 9.90 Å². The van der Waals surface area contributed by atoms with Gasteiger partial charge in [-0.2, -0.15) is 0 Å². The van der Waals surface area contributed by atoms with Crippen LogP contribution in [-0.2, 0) is 6.42 Å². The van der Waals surface area contributed by atoms with Gasteiger partial charge in [0, 0.05) is 5.56 Å². The zero-order chi connectivity index (χ0) is 26.4. The summed E-state index contributed by atoms with van der Waals surface area (Å²) in [6.45, 7) is 2.28. The Bertz CT molecular complexity index is 1770. The number of halogens is 1. The average Bonchev–Trinajstić information content (AvgIpc) is 3.24. The van der Waals surface area contributed by atoms with Gasteiger partial charge in [-0.05, 0) is 88.3 Å². The summed E-state index contributed by atoms with van der Waals surface area (Å²) >= 11 is 4.77. The van der Waals surface area contributed by atoms with Crippen molar-refractivity contribution in [2.24, 2.45) is 4.99 Å². The molecule has 1 aliphatic carbocycles. The lowest BCUT2D eigenvalue weighted by Crippen LogP contribution is -2.38. The summed E-state index contributed by atoms with van der Waals surface area (Å²) in [7, 11) is 1.65. The minimum Gasteiger partial charge on any atom is -0.503 e. The van der Waals surface area contributed by atoms with E-state index in [0.29, 0.717) is 26.2 Å². The minimum atomic E-state index is -0.256. The van der Waals surface area contributed by atoms with E-state index < -0.39 is 0 Å². The van der Waals surface area contributed by atoms with Crippen LogP contribution in [0.1, 0.15) is 41.6 Å². The second kappa shape index (κ2) is 9.93. The van der Waals surface area contributed by atoms with Crippen LogP contribution in [0.3, 0.4) is 0 Å². The Hall–Kier alpha value is -3.62. The molecule has 1 unspecified atom stereocenters. The lowest BCUT2D eigenvalue weighted by atomic mass is 9.83. The zero-order valence-electron chi connectivity index (χ0n) is 20.9. The van der Waals surface area contributed by atoms with Crippen molar-refractivity contribution < 1.29 is 14.6 Å². The maximum absolute atomic E-state index is 13.9. The van der Waals surface area contributed by atoms with Crippen LogP contribution in [0.4, 0.5) is 0 Å². The molecule has 0 fully saturated rings. The van der Waals surface area contributed by atoms with Crippen LogP contribution in [0.15, 0.2) is 80.5 Å². The molecule has 0 saturated carbocycles. The largest absolute Gasteiger partial charge is 0.503 e. The highest BCUT2D eigenvalue weighted by Crippen LogP contribution is 2.41. The second-order valence-corrected chi connectivity index (χ2v) is 11.0. The van der Waals surface area contributed by atoms with Gasteiger partial charge in [-0.1, -0.05) is 47.7 Å². The Morgan fingerprint density at radius 1 is 1.16 bits per heavy atom. The molecule has 1 aliphatic heterocycles. The number of hydrogen-bond acceptors (Lipinski definition) is 6. The number of methoxy groups -OCH3 is 1. The number of rotatable bonds is 5. The number of allylic oxidation sites excluding steroid dienone is 1. The van der Waals surface area contributed by atoms with Crippen molar-refractivity contribution in [2.75, 3.05) is 13.7 Å². The summed E-state index contributed by atoms with van der Waals surface area (Å²) in [5.74, 6) is 1.17. The zero-order valence-corrected chi connectivity index (χ0v) is 23.3. The molecule has 0 radical (unpaired) electrons. The molecule has 0 bridgehead atoms. The Balaban J connectivity index is 1.58. The van der Waals surface area contributed by atoms with Crippen LogP contribution in [-0.4, -0.2) is 23.4 Å². The first-order valence-electron chi connectivity index (χ1n) is 12.4. The van der Waals surface area contributed by atoms with E-state index in [-0.39, 0.29) is 17.4 Å². The predicted molar refractivity (Wildman–Crippen MR) is 153 cm³/mol. The summed E-state index contributed by atoms with van der Waals surface area (Å²) in [4.78, 5) is 19.7. The van der Waals surface area contributed by atoms with Gasteiger partial charge in [0.05, 0.1) is 34.5 Å². The molecule has 1 atom stereocenters. The molecule has 1 aromatic heterocycles. The number of benzene rings is 3. The number of aromatic nitrogens is 1. The SMILES string of the molecule is CCOc1cc(C=c2sc3n(c2=O)C(c2ccc(OC)cc2)C2=C(N=3)c3ccccc3CC2)cc(Br)c1O. The third kappa shape index (κ3) is 4.18. The van der Waals surface area contributed by atoms with Crippen molar-refractivity contribution >= 4 is 39.0 Å². The van der Waals surface area contributed by atoms with E-state index in [0.717, 1.165) is 46.6 Å². The summed E-state index contributed by atoms with van der Waals surface area (Å²) in [6.07, 6.45) is 3.57. The maximum atomic E-state index is 13.9. The highest BCUT2D eigenvalue weighted by Gasteiger charge is 2.32. The van der Waals surface area contributed by atoms with Gasteiger partial charge in [-0.15, -0.1) is 0 Å². The first kappa shape index (κ1) is 24.7. The fourth-order valence-electron chi connectivity index (χ4n) is 5.20. The maximum Gasteiger partial charge on any atom is 0.271 e. The third-order valence-corrected chi connectivity index (χ3v) is 8.54. The number of phenolic OH excluding ortho intramolecular Hbond substituents is 1. The standard InChI is InChI=1S/C30H25BrN2O4S/c1-3-37-24-15-17(14-23(31)28(24)34)16-25-29(35)33-27(19-8-11-20(36-2)12-9-19)22-13-10-18-6-4-5-7-21(18)26(22)32-30(33)38-25/h4-9,11-12,14-16,27,34H,3,10,13H2,1-2H3. The molecule has 192 valence electrons. The van der Waals surface area contributed by atoms with Crippen molar-refractivity contribution in [1.82, 2.24) is 4.57 Å². The fraction of sp³-hybridized carbons (Fsp3) is 0.200. The first-order valence-corrected chi connectivity index (χ1v) is 14.0. The summed E-state index contributed by atoms with van der Waals surface area (Å²) in [5.41, 5.74) is 6.20. The van der Waals surface area contributed by atoms with Gasteiger partial charge in [-0.25, -0.2) is 4.99 Å². The van der Waals surface area contributed by atoms with Crippen molar-refractivity contribution in [3.05, 3.63) is 113 Å². The van der Waals surface area contributed by atoms with Gasteiger partial charge < -0.3 is 14.6 Å². The Morgan fingerprint density at radius 3 is 2.71 bits per heavy atom. The molecule has 4 aromatic rings. The molecule has 2 heterocycles. The minimum absolute atomic E-state index is 0.0382.